The van der Waals surface area contributed by atoms with E-state index in [1.54, 1.807) is 19.4 Å². The Morgan fingerprint density at radius 1 is 1.21 bits per heavy atom. The number of ether oxygens (including phenoxy) is 1. The number of nitrogens with two attached hydrogens (primary N) is 1. The van der Waals surface area contributed by atoms with Crippen LogP contribution in [-0.4, -0.2) is 35.1 Å². The molecule has 2 N–H and O–H groups in total. The number of nitrogens with zero attached hydrogens (tertiary/aromatic N) is 3. The molecule has 1 unspecified atom stereocenters. The minimum atomic E-state index is -0.268. The van der Waals surface area contributed by atoms with Crippen LogP contribution in [0.25, 0.3) is 11.1 Å². The highest BCUT2D eigenvalue weighted by Gasteiger charge is 2.25. The van der Waals surface area contributed by atoms with Gasteiger partial charge in [0.05, 0.1) is 12.8 Å². The summed E-state index contributed by atoms with van der Waals surface area (Å²) < 4.78 is 19.0. The van der Waals surface area contributed by atoms with E-state index < -0.39 is 0 Å². The van der Waals surface area contributed by atoms with Gasteiger partial charge in [0.15, 0.2) is 0 Å². The van der Waals surface area contributed by atoms with Crippen molar-refractivity contribution in [1.29, 1.82) is 0 Å². The Morgan fingerprint density at radius 3 is 2.79 bits per heavy atom. The van der Waals surface area contributed by atoms with Crippen molar-refractivity contribution in [1.82, 2.24) is 14.9 Å². The summed E-state index contributed by atoms with van der Waals surface area (Å²) in [5.74, 6) is 1.08. The molecule has 3 aromatic rings. The van der Waals surface area contributed by atoms with Crippen molar-refractivity contribution in [2.45, 2.75) is 25.3 Å². The number of hydrogen-bond donors (Lipinski definition) is 1. The third kappa shape index (κ3) is 4.54. The van der Waals surface area contributed by atoms with Crippen LogP contribution in [0.15, 0.2) is 54.7 Å². The number of rotatable bonds is 5. The van der Waals surface area contributed by atoms with Crippen LogP contribution in [-0.2, 0) is 6.54 Å². The Hall–Kier alpha value is -2.99. The molecule has 0 bridgehead atoms. The Labute approximate surface area is 170 Å². The summed E-state index contributed by atoms with van der Waals surface area (Å²) in [6.07, 6.45) is 3.82. The maximum atomic E-state index is 13.8. The number of hydrogen-bond acceptors (Lipinski definition) is 5. The average Bonchev–Trinajstić information content (AvgIpc) is 2.74. The maximum absolute atomic E-state index is 13.8. The van der Waals surface area contributed by atoms with Crippen molar-refractivity contribution >= 4 is 5.95 Å². The normalized spacial score (nSPS) is 17.2. The van der Waals surface area contributed by atoms with Crippen molar-refractivity contribution in [2.75, 3.05) is 25.9 Å². The van der Waals surface area contributed by atoms with Gasteiger partial charge in [0.25, 0.3) is 0 Å². The number of benzene rings is 2. The first-order valence-corrected chi connectivity index (χ1v) is 9.86. The van der Waals surface area contributed by atoms with E-state index in [0.29, 0.717) is 0 Å². The third-order valence-electron chi connectivity index (χ3n) is 5.43. The number of anilines is 1. The van der Waals surface area contributed by atoms with Gasteiger partial charge in [-0.15, -0.1) is 0 Å². The fourth-order valence-electron chi connectivity index (χ4n) is 4.01. The zero-order valence-corrected chi connectivity index (χ0v) is 16.5. The lowest BCUT2D eigenvalue weighted by Crippen LogP contribution is -2.34. The fraction of sp³-hybridized carbons (Fsp3) is 0.304. The summed E-state index contributed by atoms with van der Waals surface area (Å²) in [6.45, 7) is 2.79. The lowest BCUT2D eigenvalue weighted by Gasteiger charge is -2.33. The van der Waals surface area contributed by atoms with Crippen molar-refractivity contribution in [3.05, 3.63) is 71.8 Å². The Bertz CT molecular complexity index is 977. The van der Waals surface area contributed by atoms with E-state index in [9.17, 15) is 4.39 Å². The van der Waals surface area contributed by atoms with E-state index in [-0.39, 0.29) is 17.7 Å². The molecule has 0 radical (unpaired) electrons. The molecule has 0 saturated carbocycles. The largest absolute Gasteiger partial charge is 0.497 e. The van der Waals surface area contributed by atoms with Crippen LogP contribution in [0.3, 0.4) is 0 Å². The van der Waals surface area contributed by atoms with Gasteiger partial charge in [-0.1, -0.05) is 24.3 Å². The van der Waals surface area contributed by atoms with Gasteiger partial charge in [0.1, 0.15) is 11.6 Å². The Kier molecular flexibility index (Phi) is 5.71. The van der Waals surface area contributed by atoms with Gasteiger partial charge < -0.3 is 10.5 Å². The molecular formula is C23H25FN4O. The summed E-state index contributed by atoms with van der Waals surface area (Å²) in [6, 6.07) is 14.7. The van der Waals surface area contributed by atoms with Gasteiger partial charge in [-0.3, -0.25) is 4.90 Å². The molecule has 0 amide bonds. The van der Waals surface area contributed by atoms with Gasteiger partial charge in [-0.25, -0.2) is 14.4 Å². The van der Waals surface area contributed by atoms with Gasteiger partial charge in [-0.05, 0) is 54.8 Å². The molecule has 29 heavy (non-hydrogen) atoms. The first-order chi connectivity index (χ1) is 14.1. The summed E-state index contributed by atoms with van der Waals surface area (Å²) >= 11 is 0. The monoisotopic (exact) mass is 392 g/mol. The molecule has 1 atom stereocenters. The molecule has 0 spiro atoms. The molecule has 1 fully saturated rings. The number of piperidine rings is 1. The molecular weight excluding hydrogens is 367 g/mol. The maximum Gasteiger partial charge on any atom is 0.220 e. The number of likely N-dealkylation sites (tertiary alicyclic amines) is 1. The van der Waals surface area contributed by atoms with Crippen molar-refractivity contribution in [2.24, 2.45) is 0 Å². The highest BCUT2D eigenvalue weighted by atomic mass is 19.1. The second kappa shape index (κ2) is 8.57. The highest BCUT2D eigenvalue weighted by Crippen LogP contribution is 2.34. The molecule has 2 aromatic carbocycles. The van der Waals surface area contributed by atoms with Crippen LogP contribution in [0.5, 0.6) is 5.75 Å². The smallest absolute Gasteiger partial charge is 0.220 e. The molecule has 1 aliphatic rings. The molecule has 1 aromatic heterocycles. The second-order valence-corrected chi connectivity index (χ2v) is 7.46. The Morgan fingerprint density at radius 2 is 2.03 bits per heavy atom. The lowest BCUT2D eigenvalue weighted by molar-refractivity contribution is 0.198. The quantitative estimate of drug-likeness (QED) is 0.703. The molecule has 5 nitrogen and oxygen atoms in total. The van der Waals surface area contributed by atoms with E-state index in [1.165, 1.54) is 17.7 Å². The summed E-state index contributed by atoms with van der Waals surface area (Å²) in [4.78, 5) is 11.2. The fourth-order valence-corrected chi connectivity index (χ4v) is 4.01. The topological polar surface area (TPSA) is 64.3 Å². The van der Waals surface area contributed by atoms with Gasteiger partial charge in [0.2, 0.25) is 5.95 Å². The van der Waals surface area contributed by atoms with Crippen LogP contribution in [0.1, 0.15) is 30.0 Å². The van der Waals surface area contributed by atoms with Crippen LogP contribution in [0, 0.1) is 5.82 Å². The minimum Gasteiger partial charge on any atom is -0.497 e. The van der Waals surface area contributed by atoms with Gasteiger partial charge in [-0.2, -0.15) is 0 Å². The average molecular weight is 392 g/mol. The van der Waals surface area contributed by atoms with E-state index in [2.05, 4.69) is 27.0 Å². The Balaban J connectivity index is 1.57. The standard InChI is InChI=1S/C23H25FN4O/c1-29-20-9-7-16(8-10-20)14-28-11-3-5-18(15-28)22-21(13-26-23(25)27-22)17-4-2-6-19(24)12-17/h2,4,6-10,12-13,18H,3,5,11,14-15H2,1H3,(H2,25,26,27). The molecule has 6 heteroatoms. The summed E-state index contributed by atoms with van der Waals surface area (Å²) in [5.41, 5.74) is 9.70. The number of nitrogen functional groups attached to an aromatic ring is 1. The zero-order chi connectivity index (χ0) is 20.2. The molecule has 150 valence electrons. The lowest BCUT2D eigenvalue weighted by atomic mass is 9.89. The molecule has 0 aliphatic carbocycles. The second-order valence-electron chi connectivity index (χ2n) is 7.46. The molecule has 2 heterocycles. The van der Waals surface area contributed by atoms with E-state index in [0.717, 1.165) is 55.0 Å². The van der Waals surface area contributed by atoms with E-state index in [4.69, 9.17) is 10.5 Å². The van der Waals surface area contributed by atoms with Crippen LogP contribution >= 0.6 is 0 Å². The summed E-state index contributed by atoms with van der Waals surface area (Å²) in [5, 5.41) is 0. The minimum absolute atomic E-state index is 0.227. The van der Waals surface area contributed by atoms with Crippen molar-refractivity contribution < 1.29 is 9.13 Å². The first-order valence-electron chi connectivity index (χ1n) is 9.86. The zero-order valence-electron chi connectivity index (χ0n) is 16.5. The van der Waals surface area contributed by atoms with Gasteiger partial charge in [0, 0.05) is 30.8 Å². The van der Waals surface area contributed by atoms with Crippen molar-refractivity contribution in [3.8, 4) is 16.9 Å². The molecule has 1 aliphatic heterocycles. The predicted molar refractivity (Wildman–Crippen MR) is 112 cm³/mol. The summed E-state index contributed by atoms with van der Waals surface area (Å²) in [7, 11) is 1.67. The van der Waals surface area contributed by atoms with E-state index >= 15 is 0 Å². The number of methoxy groups -OCH3 is 1. The highest BCUT2D eigenvalue weighted by molar-refractivity contribution is 5.66. The van der Waals surface area contributed by atoms with Crippen LogP contribution < -0.4 is 10.5 Å². The van der Waals surface area contributed by atoms with Gasteiger partial charge >= 0.3 is 0 Å². The third-order valence-corrected chi connectivity index (χ3v) is 5.43. The SMILES string of the molecule is COc1ccc(CN2CCCC(c3nc(N)ncc3-c3cccc(F)c3)C2)cc1. The van der Waals surface area contributed by atoms with Crippen LogP contribution in [0.4, 0.5) is 10.3 Å². The predicted octanol–water partition coefficient (Wildman–Crippen LogP) is 4.25. The van der Waals surface area contributed by atoms with E-state index in [1.807, 2.05) is 18.2 Å². The number of aromatic nitrogens is 2. The molecule has 1 saturated heterocycles. The van der Waals surface area contributed by atoms with Crippen LogP contribution in [0.2, 0.25) is 0 Å². The molecule has 4 rings (SSSR count). The van der Waals surface area contributed by atoms with Crippen molar-refractivity contribution in [3.63, 3.8) is 0 Å². The number of halogens is 1. The first kappa shape index (κ1) is 19.3.